The standard InChI is InChI=1S/C23H21Cl2N3O2/c1-12(2)21-19-20(26-27(21)11-29)23(30)28(18-10-16(25)6-5-13(18)3)22(19)17-8-7-15(24)9-14(17)4/h5-12,22H,1-4H3. The first kappa shape index (κ1) is 20.6. The van der Waals surface area contributed by atoms with Gasteiger partial charge in [-0.25, -0.2) is 4.68 Å². The van der Waals surface area contributed by atoms with E-state index in [2.05, 4.69) is 5.10 Å². The SMILES string of the molecule is Cc1cc(Cl)ccc1C1c2c(nn(C=O)c2C(C)C)C(=O)N1c1cc(Cl)ccc1C. The quantitative estimate of drug-likeness (QED) is 0.486. The summed E-state index contributed by atoms with van der Waals surface area (Å²) in [5.74, 6) is -0.257. The van der Waals surface area contributed by atoms with Crippen molar-refractivity contribution in [3.63, 3.8) is 0 Å². The van der Waals surface area contributed by atoms with Crippen molar-refractivity contribution in [3.8, 4) is 0 Å². The van der Waals surface area contributed by atoms with E-state index in [1.807, 2.05) is 52.0 Å². The molecule has 0 aliphatic carbocycles. The molecule has 1 aromatic heterocycles. The Hall–Kier alpha value is -2.63. The minimum Gasteiger partial charge on any atom is -0.295 e. The fraction of sp³-hybridized carbons (Fsp3) is 0.261. The molecule has 4 rings (SSSR count). The summed E-state index contributed by atoms with van der Waals surface area (Å²) in [7, 11) is 0. The summed E-state index contributed by atoms with van der Waals surface area (Å²) in [5, 5.41) is 5.53. The lowest BCUT2D eigenvalue weighted by Crippen LogP contribution is -2.31. The van der Waals surface area contributed by atoms with Gasteiger partial charge in [-0.05, 0) is 60.7 Å². The fourth-order valence-corrected chi connectivity index (χ4v) is 4.63. The monoisotopic (exact) mass is 441 g/mol. The van der Waals surface area contributed by atoms with E-state index in [1.54, 1.807) is 17.0 Å². The molecule has 0 N–H and O–H groups in total. The molecule has 3 aromatic rings. The van der Waals surface area contributed by atoms with Crippen LogP contribution in [0.3, 0.4) is 0 Å². The lowest BCUT2D eigenvalue weighted by Gasteiger charge is -2.29. The van der Waals surface area contributed by atoms with Gasteiger partial charge < -0.3 is 0 Å². The van der Waals surface area contributed by atoms with Gasteiger partial charge in [0.05, 0.1) is 11.7 Å². The number of aromatic nitrogens is 2. The highest BCUT2D eigenvalue weighted by Crippen LogP contribution is 2.46. The van der Waals surface area contributed by atoms with Crippen molar-refractivity contribution in [1.82, 2.24) is 9.78 Å². The smallest absolute Gasteiger partial charge is 0.280 e. The zero-order valence-corrected chi connectivity index (χ0v) is 18.6. The summed E-state index contributed by atoms with van der Waals surface area (Å²) in [6.07, 6.45) is 0.654. The van der Waals surface area contributed by atoms with E-state index in [-0.39, 0.29) is 11.8 Å². The number of anilines is 1. The minimum atomic E-state index is -0.437. The van der Waals surface area contributed by atoms with Crippen molar-refractivity contribution in [3.05, 3.63) is 80.1 Å². The Morgan fingerprint density at radius 1 is 1.03 bits per heavy atom. The number of fused-ring (bicyclic) bond motifs is 1. The molecular formula is C23H21Cl2N3O2. The fourth-order valence-electron chi connectivity index (χ4n) is 4.24. The number of carbonyl (C=O) groups excluding carboxylic acids is 2. The molecule has 0 radical (unpaired) electrons. The van der Waals surface area contributed by atoms with Crippen molar-refractivity contribution >= 4 is 41.2 Å². The lowest BCUT2D eigenvalue weighted by molar-refractivity contribution is 0.0988. The molecule has 0 saturated carbocycles. The van der Waals surface area contributed by atoms with Crippen molar-refractivity contribution in [1.29, 1.82) is 0 Å². The second-order valence-corrected chi connectivity index (χ2v) is 8.73. The van der Waals surface area contributed by atoms with Crippen LogP contribution in [0.1, 0.15) is 64.2 Å². The van der Waals surface area contributed by atoms with Gasteiger partial charge in [-0.2, -0.15) is 5.10 Å². The number of nitrogens with zero attached hydrogens (tertiary/aromatic N) is 3. The molecule has 0 fully saturated rings. The Labute approximate surface area is 185 Å². The maximum atomic E-state index is 13.6. The number of rotatable bonds is 4. The van der Waals surface area contributed by atoms with Gasteiger partial charge in [-0.3, -0.25) is 14.5 Å². The van der Waals surface area contributed by atoms with Crippen LogP contribution in [-0.2, 0) is 4.79 Å². The highest BCUT2D eigenvalue weighted by atomic mass is 35.5. The molecule has 0 bridgehead atoms. The summed E-state index contributed by atoms with van der Waals surface area (Å²) in [4.78, 5) is 27.0. The molecule has 30 heavy (non-hydrogen) atoms. The van der Waals surface area contributed by atoms with Crippen LogP contribution in [0.5, 0.6) is 0 Å². The summed E-state index contributed by atoms with van der Waals surface area (Å²) >= 11 is 12.5. The summed E-state index contributed by atoms with van der Waals surface area (Å²) in [6, 6.07) is 10.7. The molecule has 1 aliphatic rings. The van der Waals surface area contributed by atoms with Gasteiger partial charge in [0.2, 0.25) is 6.41 Å². The number of hydrogen-bond donors (Lipinski definition) is 0. The van der Waals surface area contributed by atoms with Gasteiger partial charge in [0.1, 0.15) is 0 Å². The number of benzene rings is 2. The molecular weight excluding hydrogens is 421 g/mol. The third kappa shape index (κ3) is 3.13. The van der Waals surface area contributed by atoms with Crippen molar-refractivity contribution in [2.45, 2.75) is 39.7 Å². The van der Waals surface area contributed by atoms with E-state index in [1.165, 1.54) is 4.68 Å². The van der Waals surface area contributed by atoms with Gasteiger partial charge in [-0.1, -0.05) is 49.2 Å². The van der Waals surface area contributed by atoms with E-state index in [0.717, 1.165) is 33.6 Å². The predicted octanol–water partition coefficient (Wildman–Crippen LogP) is 5.72. The molecule has 1 atom stereocenters. The largest absolute Gasteiger partial charge is 0.295 e. The Morgan fingerprint density at radius 2 is 1.70 bits per heavy atom. The lowest BCUT2D eigenvalue weighted by atomic mass is 9.92. The van der Waals surface area contributed by atoms with Crippen LogP contribution in [-0.4, -0.2) is 22.1 Å². The van der Waals surface area contributed by atoms with Gasteiger partial charge in [-0.15, -0.1) is 0 Å². The summed E-state index contributed by atoms with van der Waals surface area (Å²) < 4.78 is 1.29. The number of aryl methyl sites for hydroxylation is 2. The van der Waals surface area contributed by atoms with Crippen LogP contribution >= 0.6 is 23.2 Å². The molecule has 154 valence electrons. The average molecular weight is 442 g/mol. The normalized spacial score (nSPS) is 15.8. The van der Waals surface area contributed by atoms with Gasteiger partial charge in [0.15, 0.2) is 5.69 Å². The number of halogens is 2. The van der Waals surface area contributed by atoms with Crippen molar-refractivity contribution < 1.29 is 9.59 Å². The molecule has 0 spiro atoms. The van der Waals surface area contributed by atoms with Crippen molar-refractivity contribution in [2.75, 3.05) is 4.90 Å². The van der Waals surface area contributed by atoms with Crippen LogP contribution < -0.4 is 4.90 Å². The first-order chi connectivity index (χ1) is 14.2. The molecule has 7 heteroatoms. The van der Waals surface area contributed by atoms with Crippen LogP contribution in [0.4, 0.5) is 5.69 Å². The number of carbonyl (C=O) groups is 2. The van der Waals surface area contributed by atoms with E-state index >= 15 is 0 Å². The number of hydrogen-bond acceptors (Lipinski definition) is 3. The first-order valence-corrected chi connectivity index (χ1v) is 10.4. The van der Waals surface area contributed by atoms with E-state index in [9.17, 15) is 9.59 Å². The maximum Gasteiger partial charge on any atom is 0.280 e. The Balaban J connectivity index is 2.05. The third-order valence-electron chi connectivity index (χ3n) is 5.54. The van der Waals surface area contributed by atoms with Gasteiger partial charge in [0.25, 0.3) is 5.91 Å². The molecule has 2 heterocycles. The van der Waals surface area contributed by atoms with Crippen LogP contribution in [0.2, 0.25) is 10.0 Å². The Bertz CT molecular complexity index is 1180. The predicted molar refractivity (Wildman–Crippen MR) is 119 cm³/mol. The second-order valence-electron chi connectivity index (χ2n) is 7.86. The summed E-state index contributed by atoms with van der Waals surface area (Å²) in [5.41, 5.74) is 5.30. The Morgan fingerprint density at radius 3 is 2.33 bits per heavy atom. The van der Waals surface area contributed by atoms with Crippen LogP contribution in [0.15, 0.2) is 36.4 Å². The third-order valence-corrected chi connectivity index (χ3v) is 6.01. The highest BCUT2D eigenvalue weighted by molar-refractivity contribution is 6.31. The average Bonchev–Trinajstić information content (AvgIpc) is 3.19. The van der Waals surface area contributed by atoms with Crippen LogP contribution in [0.25, 0.3) is 0 Å². The first-order valence-electron chi connectivity index (χ1n) is 9.68. The zero-order valence-electron chi connectivity index (χ0n) is 17.1. The van der Waals surface area contributed by atoms with E-state index in [0.29, 0.717) is 22.1 Å². The van der Waals surface area contributed by atoms with Gasteiger partial charge in [0, 0.05) is 21.3 Å². The van der Waals surface area contributed by atoms with Crippen molar-refractivity contribution in [2.24, 2.45) is 0 Å². The van der Waals surface area contributed by atoms with E-state index in [4.69, 9.17) is 23.2 Å². The minimum absolute atomic E-state index is 0.00485. The van der Waals surface area contributed by atoms with E-state index < -0.39 is 6.04 Å². The summed E-state index contributed by atoms with van der Waals surface area (Å²) in [6.45, 7) is 7.88. The molecule has 1 amide bonds. The topological polar surface area (TPSA) is 55.2 Å². The molecule has 5 nitrogen and oxygen atoms in total. The molecule has 1 unspecified atom stereocenters. The Kier molecular flexibility index (Phi) is 5.20. The zero-order chi connectivity index (χ0) is 21.7. The van der Waals surface area contributed by atoms with Gasteiger partial charge >= 0.3 is 0 Å². The molecule has 1 aliphatic heterocycles. The maximum absolute atomic E-state index is 13.6. The van der Waals surface area contributed by atoms with Crippen LogP contribution in [0, 0.1) is 13.8 Å². The second kappa shape index (κ2) is 7.56. The molecule has 2 aromatic carbocycles. The highest BCUT2D eigenvalue weighted by Gasteiger charge is 2.45. The molecule has 0 saturated heterocycles. The number of amides is 1.